The molecule has 31 heteroatoms. The van der Waals surface area contributed by atoms with Gasteiger partial charge in [0.25, 0.3) is 0 Å². The van der Waals surface area contributed by atoms with Crippen LogP contribution in [0.15, 0.2) is 214 Å². The van der Waals surface area contributed by atoms with Crippen LogP contribution in [0, 0.1) is 0 Å². The van der Waals surface area contributed by atoms with Gasteiger partial charge in [0.1, 0.15) is 17.1 Å². The van der Waals surface area contributed by atoms with Gasteiger partial charge in [0.15, 0.2) is 39.6 Å². The van der Waals surface area contributed by atoms with Crippen molar-refractivity contribution < 1.29 is 138 Å². The van der Waals surface area contributed by atoms with Crippen LogP contribution in [0.2, 0.25) is 0 Å². The maximum absolute atomic E-state index is 11.8. The minimum absolute atomic E-state index is 0. The fourth-order valence-corrected chi connectivity index (χ4v) is 9.13. The normalized spacial score (nSPS) is 9.72. The molecule has 0 bridgehead atoms. The summed E-state index contributed by atoms with van der Waals surface area (Å²) in [7, 11) is 7.09. The van der Waals surface area contributed by atoms with Gasteiger partial charge in [-0.15, -0.1) is 11.6 Å². The number of aromatic nitrogens is 10. The van der Waals surface area contributed by atoms with E-state index in [2.05, 4.69) is 63.0 Å². The molecule has 0 aliphatic carbocycles. The molecule has 7 N–H and O–H groups in total. The summed E-state index contributed by atoms with van der Waals surface area (Å²) in [6.07, 6.45) is 8.00. The fourth-order valence-electron chi connectivity index (χ4n) is 8.95. The summed E-state index contributed by atoms with van der Waals surface area (Å²) in [5, 5.41) is 16.7. The number of Topliss-reactive ketones (excluding diaryl/α,β-unsaturated/α-hetero) is 1. The van der Waals surface area contributed by atoms with E-state index in [9.17, 15) is 33.6 Å². The summed E-state index contributed by atoms with van der Waals surface area (Å²) in [4.78, 5) is 114. The van der Waals surface area contributed by atoms with Gasteiger partial charge < -0.3 is 69.1 Å². The number of alkyl halides is 2. The number of nitrogens with zero attached hydrogens (tertiary/aromatic N) is 9. The largest absolute Gasteiger partial charge is 1.00 e. The third-order valence-electron chi connectivity index (χ3n) is 13.2. The van der Waals surface area contributed by atoms with Gasteiger partial charge >= 0.3 is 94.9 Å². The van der Waals surface area contributed by atoms with Crippen molar-refractivity contribution in [3.63, 3.8) is 0 Å². The number of halogens is 2. The molecule has 0 radical (unpaired) electrons. The number of carboxylic acids is 2. The number of aromatic carboxylic acids is 2. The Morgan fingerprint density at radius 1 is 0.462 bits per heavy atom. The van der Waals surface area contributed by atoms with E-state index in [0.717, 1.165) is 33.5 Å². The van der Waals surface area contributed by atoms with Crippen molar-refractivity contribution in [2.75, 3.05) is 31.4 Å². The first-order chi connectivity index (χ1) is 48.3. The van der Waals surface area contributed by atoms with Crippen LogP contribution in [0.5, 0.6) is 0 Å². The molecule has 11 aromatic rings. The van der Waals surface area contributed by atoms with Gasteiger partial charge in [-0.1, -0.05) is 205 Å². The van der Waals surface area contributed by atoms with Gasteiger partial charge in [-0.2, -0.15) is 0 Å². The number of aryl methyl sites for hydroxylation is 4. The molecule has 0 spiro atoms. The first kappa shape index (κ1) is 94.3. The molecule has 0 saturated carbocycles. The van der Waals surface area contributed by atoms with E-state index in [1.54, 1.807) is 101 Å². The first-order valence-electron chi connectivity index (χ1n) is 30.5. The van der Waals surface area contributed by atoms with Crippen molar-refractivity contribution in [2.45, 2.75) is 33.1 Å². The van der Waals surface area contributed by atoms with Crippen LogP contribution in [0.3, 0.4) is 0 Å². The molecule has 0 saturated heterocycles. The molecule has 1 amide bonds. The summed E-state index contributed by atoms with van der Waals surface area (Å²) < 4.78 is 26.3. The molecule has 538 valence electrons. The van der Waals surface area contributed by atoms with Crippen molar-refractivity contribution in [3.8, 4) is 56.3 Å². The summed E-state index contributed by atoms with van der Waals surface area (Å²) >= 11 is 7.82. The number of esters is 4. The molecule has 5 heterocycles. The summed E-state index contributed by atoms with van der Waals surface area (Å²) in [5.41, 5.74) is 13.7. The molecule has 104 heavy (non-hydrogen) atoms. The number of hydrogen-bond donors (Lipinski definition) is 4. The van der Waals surface area contributed by atoms with Crippen molar-refractivity contribution in [1.82, 2.24) is 48.2 Å². The van der Waals surface area contributed by atoms with Gasteiger partial charge in [-0.25, -0.2) is 53.7 Å². The Hall–Kier alpha value is -9.73. The molecular formula is C73H79ClIN11Na2O16. The minimum Gasteiger partial charge on any atom is -0.870 e. The number of benzene rings is 6. The molecule has 1 atom stereocenters. The number of H-pyrrole nitrogens is 1. The number of nitrogens with one attached hydrogen (secondary N) is 1. The van der Waals surface area contributed by atoms with Crippen LogP contribution in [0.4, 0.5) is 0 Å². The minimum atomic E-state index is -1.26. The molecule has 0 fully saturated rings. The average Bonchev–Trinajstić information content (AvgIpc) is 1.69. The van der Waals surface area contributed by atoms with E-state index >= 15 is 0 Å². The Balaban J connectivity index is 0.00000120. The van der Waals surface area contributed by atoms with Crippen LogP contribution in [0.25, 0.3) is 56.3 Å². The molecule has 5 aromatic heterocycles. The Morgan fingerprint density at radius 2 is 0.788 bits per heavy atom. The number of aromatic amines is 1. The predicted molar refractivity (Wildman–Crippen MR) is 392 cm³/mol. The Labute approximate surface area is 664 Å². The summed E-state index contributed by atoms with van der Waals surface area (Å²) in [6, 6.07) is 55.9. The van der Waals surface area contributed by atoms with E-state index in [1.165, 1.54) is 23.5 Å². The second-order valence-corrected chi connectivity index (χ2v) is 20.4. The average molecular weight is 1570 g/mol. The van der Waals surface area contributed by atoms with E-state index in [0.29, 0.717) is 65.2 Å². The number of imidazole rings is 5. The van der Waals surface area contributed by atoms with Gasteiger partial charge in [0.05, 0.1) is 69.5 Å². The van der Waals surface area contributed by atoms with Gasteiger partial charge in [0.2, 0.25) is 6.41 Å². The Morgan fingerprint density at radius 3 is 1.18 bits per heavy atom. The fraction of sp³-hybridized carbons (Fsp3) is 0.192. The van der Waals surface area contributed by atoms with E-state index < -0.39 is 29.1 Å². The van der Waals surface area contributed by atoms with Crippen molar-refractivity contribution in [3.05, 3.63) is 248 Å². The number of rotatable bonds is 17. The molecule has 1 unspecified atom stereocenters. The van der Waals surface area contributed by atoms with Crippen molar-refractivity contribution in [1.29, 1.82) is 0 Å². The second-order valence-electron chi connectivity index (χ2n) is 19.9. The Kier molecular flexibility index (Phi) is 46.6. The number of ketones is 1. The molecule has 6 aromatic carbocycles. The molecule has 27 nitrogen and oxygen atoms in total. The van der Waals surface area contributed by atoms with Crippen LogP contribution in [0.1, 0.15) is 90.5 Å². The number of ether oxygens (including phenoxy) is 4. The summed E-state index contributed by atoms with van der Waals surface area (Å²) in [6.45, 7) is 8.28. The van der Waals surface area contributed by atoms with Crippen LogP contribution in [-0.2, 0) is 56.7 Å². The van der Waals surface area contributed by atoms with Gasteiger partial charge in [-0.05, 0) is 32.6 Å². The van der Waals surface area contributed by atoms with Crippen LogP contribution in [-0.4, -0.2) is 154 Å². The van der Waals surface area contributed by atoms with Gasteiger partial charge in [0, 0.05) is 61.6 Å². The second kappa shape index (κ2) is 51.4. The van der Waals surface area contributed by atoms with Crippen molar-refractivity contribution in [2.24, 2.45) is 33.9 Å². The van der Waals surface area contributed by atoms with Crippen molar-refractivity contribution >= 4 is 82.2 Å². The van der Waals surface area contributed by atoms with Crippen LogP contribution >= 0.6 is 34.2 Å². The van der Waals surface area contributed by atoms with E-state index in [4.69, 9.17) is 40.8 Å². The zero-order chi connectivity index (χ0) is 73.5. The first-order valence-corrected chi connectivity index (χ1v) is 33.1. The molecule has 0 aliphatic heterocycles. The number of carboxylic acid groups (broad SMARTS) is 2. The third kappa shape index (κ3) is 28.5. The number of carbonyl (C=O) groups is 8. The zero-order valence-corrected chi connectivity index (χ0v) is 66.1. The zero-order valence-electron chi connectivity index (χ0n) is 59.2. The monoisotopic (exact) mass is 1570 g/mol. The number of amides is 1. The topological polar surface area (TPSA) is 400 Å². The maximum Gasteiger partial charge on any atom is 1.00 e. The standard InChI is InChI=1S/2C13H14N2O2.C12H12N2O2.C11H11ClO3.2C11H10N2O2.CH3I.CH3NO.2Na.2H2O/c1-3-17-13(16)11-12(15(2)9-14-11)10-7-5-4-6-8-10;1-3-17-13(16)12-11(14-9-15(12)2)10-7-5-4-6-8-10;1-2-16-12(15)11-10(13-8-14-11)9-6-4-3-5-7-9;1-2-15-11(14)9(12)10(13)8-6-4-3-5-7-8;1-13-7-12-9(11(14)15)10(13)8-5-3-2-4-6-8;1-13-7-12-9(10(13)11(14)15)8-5-3-2-4-6-8;1-2;2-1-3;;;;/h2*4-9H,3H2,1-2H3;3-8H,2H2,1H3,(H,13,14);3-7,9H,2H2,1H3;2*2-7H,1H3,(H,14,15);1H3;1H,(H2,2,3);;;2*1H2/q;;;;;;;;2*+1;;/p-2. The number of hydrogen-bond acceptors (Lipinski definition) is 19. The molecule has 11 rings (SSSR count). The number of primary amides is 1. The van der Waals surface area contributed by atoms with E-state index in [1.807, 2.05) is 168 Å². The summed E-state index contributed by atoms with van der Waals surface area (Å²) in [5.74, 6) is -4.20. The SMILES string of the molecule is CCOC(=O)C(Cl)C(=O)c1ccccc1.CCOC(=O)c1[nH]cnc1-c1ccccc1.CCOC(=O)c1c(-c2ccccc2)ncn1C.CCOC(=O)c1ncn(C)c1-c1ccccc1.CI.Cn1cnc(-c2ccccc2)c1C(=O)O.Cn1cnc(C(=O)O)c1-c1ccccc1.NC=O.[Na+].[Na+].[OH-].[OH-]. The third-order valence-corrected chi connectivity index (χ3v) is 13.6. The quantitative estimate of drug-likeness (QED) is 0.0115. The molecular weight excluding hydrogens is 1500 g/mol. The number of nitrogens with two attached hydrogens (primary N) is 1. The predicted octanol–water partition coefficient (Wildman–Crippen LogP) is 6.20. The number of carbonyl (C=O) groups excluding carboxylic acids is 6. The smallest absolute Gasteiger partial charge is 0.870 e. The maximum atomic E-state index is 11.8. The molecule has 0 aliphatic rings. The van der Waals surface area contributed by atoms with E-state index in [-0.39, 0.29) is 112 Å². The van der Waals surface area contributed by atoms with Crippen LogP contribution < -0.4 is 64.8 Å². The van der Waals surface area contributed by atoms with Gasteiger partial charge in [-0.3, -0.25) is 9.59 Å². The Bertz CT molecular complexity index is 4340.